The van der Waals surface area contributed by atoms with Crippen molar-refractivity contribution in [3.05, 3.63) is 36.0 Å². The van der Waals surface area contributed by atoms with Crippen LogP contribution in [0.5, 0.6) is 5.75 Å². The summed E-state index contributed by atoms with van der Waals surface area (Å²) in [6.45, 7) is 0.573. The Balaban J connectivity index is 1.78. The highest BCUT2D eigenvalue weighted by atomic mass is 32.2. The molecule has 0 saturated heterocycles. The number of para-hydroxylation sites is 1. The van der Waals surface area contributed by atoms with Crippen LogP contribution < -0.4 is 10.1 Å². The molecule has 1 aromatic heterocycles. The van der Waals surface area contributed by atoms with E-state index in [1.165, 1.54) is 0 Å². The number of nitrogens with one attached hydrogen (secondary N) is 1. The molecule has 1 aromatic carbocycles. The maximum Gasteiger partial charge on any atom is 0.240 e. The second-order valence-electron chi connectivity index (χ2n) is 3.94. The molecular weight excluding hydrogens is 250 g/mol. The Morgan fingerprint density at radius 1 is 1.44 bits per heavy atom. The van der Waals surface area contributed by atoms with Gasteiger partial charge in [0.05, 0.1) is 6.54 Å². The van der Waals surface area contributed by atoms with Crippen LogP contribution in [0, 0.1) is 0 Å². The van der Waals surface area contributed by atoms with Crippen molar-refractivity contribution >= 4 is 11.8 Å². The molecule has 2 heterocycles. The second kappa shape index (κ2) is 4.99. The summed E-state index contributed by atoms with van der Waals surface area (Å²) >= 11 is 1.75. The smallest absolute Gasteiger partial charge is 0.240 e. The van der Waals surface area contributed by atoms with Crippen LogP contribution in [-0.4, -0.2) is 22.9 Å². The molecule has 1 aliphatic rings. The van der Waals surface area contributed by atoms with Crippen molar-refractivity contribution in [2.75, 3.05) is 12.8 Å². The first-order chi connectivity index (χ1) is 8.86. The van der Waals surface area contributed by atoms with Gasteiger partial charge in [-0.3, -0.25) is 0 Å². The summed E-state index contributed by atoms with van der Waals surface area (Å²) in [7, 11) is 1.84. The number of benzene rings is 1. The first-order valence-electron chi connectivity index (χ1n) is 5.72. The van der Waals surface area contributed by atoms with Gasteiger partial charge in [-0.25, -0.2) is 0 Å². The Kier molecular flexibility index (Phi) is 3.21. The number of ether oxygens (including phenoxy) is 1. The molecule has 94 valence electrons. The van der Waals surface area contributed by atoms with E-state index >= 15 is 0 Å². The predicted molar refractivity (Wildman–Crippen MR) is 67.6 cm³/mol. The molecular formula is C12H13N3O2S. The highest BCUT2D eigenvalue weighted by Crippen LogP contribution is 2.39. The first kappa shape index (κ1) is 11.6. The summed E-state index contributed by atoms with van der Waals surface area (Å²) < 4.78 is 11.0. The van der Waals surface area contributed by atoms with Crippen LogP contribution in [0.25, 0.3) is 0 Å². The van der Waals surface area contributed by atoms with Crippen LogP contribution in [0.15, 0.2) is 33.7 Å². The Morgan fingerprint density at radius 3 is 3.22 bits per heavy atom. The van der Waals surface area contributed by atoms with Crippen molar-refractivity contribution in [3.8, 4) is 5.75 Å². The topological polar surface area (TPSA) is 60.2 Å². The lowest BCUT2D eigenvalue weighted by Crippen LogP contribution is -2.16. The number of fused-ring (bicyclic) bond motifs is 1. The van der Waals surface area contributed by atoms with Gasteiger partial charge in [0, 0.05) is 10.6 Å². The Morgan fingerprint density at radius 2 is 2.33 bits per heavy atom. The molecule has 18 heavy (non-hydrogen) atoms. The van der Waals surface area contributed by atoms with Crippen molar-refractivity contribution in [2.45, 2.75) is 17.5 Å². The summed E-state index contributed by atoms with van der Waals surface area (Å²) in [5.41, 5.74) is 0. The van der Waals surface area contributed by atoms with Crippen LogP contribution in [0.3, 0.4) is 0 Å². The van der Waals surface area contributed by atoms with E-state index in [0.717, 1.165) is 16.4 Å². The summed E-state index contributed by atoms with van der Waals surface area (Å²) in [5.74, 6) is 2.89. The van der Waals surface area contributed by atoms with Crippen LogP contribution in [0.2, 0.25) is 0 Å². The molecule has 1 aliphatic heterocycles. The monoisotopic (exact) mass is 263 g/mol. The lowest BCUT2D eigenvalue weighted by atomic mass is 10.3. The summed E-state index contributed by atoms with van der Waals surface area (Å²) in [4.78, 5) is 5.48. The molecule has 0 amide bonds. The van der Waals surface area contributed by atoms with Crippen molar-refractivity contribution in [1.82, 2.24) is 15.5 Å². The summed E-state index contributed by atoms with van der Waals surface area (Å²) in [6.07, 6.45) is -0.140. The number of hydrogen-bond acceptors (Lipinski definition) is 6. The van der Waals surface area contributed by atoms with Gasteiger partial charge in [0.1, 0.15) is 5.75 Å². The Hall–Kier alpha value is -1.53. The highest BCUT2D eigenvalue weighted by molar-refractivity contribution is 7.99. The first-order valence-corrected chi connectivity index (χ1v) is 6.71. The maximum absolute atomic E-state index is 5.88. The van der Waals surface area contributed by atoms with Gasteiger partial charge in [-0.15, -0.1) is 11.8 Å². The molecule has 0 saturated carbocycles. The molecule has 6 heteroatoms. The van der Waals surface area contributed by atoms with Crippen molar-refractivity contribution in [3.63, 3.8) is 0 Å². The van der Waals surface area contributed by atoms with E-state index in [2.05, 4.69) is 21.5 Å². The summed E-state index contributed by atoms with van der Waals surface area (Å²) in [5, 5.41) is 6.94. The SMILES string of the molecule is CNCc1nc(C2CSc3ccccc3O2)no1. The number of hydrogen-bond donors (Lipinski definition) is 1. The molecule has 0 bridgehead atoms. The lowest BCUT2D eigenvalue weighted by Gasteiger charge is -2.22. The zero-order chi connectivity index (χ0) is 12.4. The van der Waals surface area contributed by atoms with Gasteiger partial charge in [0.2, 0.25) is 11.7 Å². The van der Waals surface area contributed by atoms with Gasteiger partial charge in [-0.05, 0) is 19.2 Å². The van der Waals surface area contributed by atoms with Crippen molar-refractivity contribution in [1.29, 1.82) is 0 Å². The third-order valence-corrected chi connectivity index (χ3v) is 3.73. The minimum atomic E-state index is -0.140. The fourth-order valence-electron chi connectivity index (χ4n) is 1.77. The average molecular weight is 263 g/mol. The standard InChI is InChI=1S/C12H13N3O2S/c1-13-6-11-14-12(15-17-11)9-7-18-10-5-3-2-4-8(10)16-9/h2-5,9,13H,6-7H2,1H3. The lowest BCUT2D eigenvalue weighted by molar-refractivity contribution is 0.205. The van der Waals surface area contributed by atoms with Gasteiger partial charge in [0.15, 0.2) is 6.10 Å². The third kappa shape index (κ3) is 2.21. The van der Waals surface area contributed by atoms with E-state index < -0.39 is 0 Å². The molecule has 1 N–H and O–H groups in total. The highest BCUT2D eigenvalue weighted by Gasteiger charge is 2.25. The molecule has 2 aromatic rings. The molecule has 3 rings (SSSR count). The predicted octanol–water partition coefficient (Wildman–Crippen LogP) is 2.01. The van der Waals surface area contributed by atoms with Crippen LogP contribution in [0.1, 0.15) is 17.8 Å². The summed E-state index contributed by atoms with van der Waals surface area (Å²) in [6, 6.07) is 7.99. The largest absolute Gasteiger partial charge is 0.480 e. The molecule has 5 nitrogen and oxygen atoms in total. The Labute approximate surface area is 109 Å². The van der Waals surface area contributed by atoms with Gasteiger partial charge in [-0.1, -0.05) is 17.3 Å². The fraction of sp³-hybridized carbons (Fsp3) is 0.333. The molecule has 0 fully saturated rings. The van der Waals surface area contributed by atoms with E-state index in [-0.39, 0.29) is 6.10 Å². The average Bonchev–Trinajstić information content (AvgIpc) is 2.87. The minimum Gasteiger partial charge on any atom is -0.480 e. The molecule has 0 aliphatic carbocycles. The number of nitrogens with zero attached hydrogens (tertiary/aromatic N) is 2. The zero-order valence-electron chi connectivity index (χ0n) is 9.92. The van der Waals surface area contributed by atoms with Gasteiger partial charge >= 0.3 is 0 Å². The molecule has 0 spiro atoms. The van der Waals surface area contributed by atoms with E-state index in [4.69, 9.17) is 9.26 Å². The maximum atomic E-state index is 5.88. The number of thioether (sulfide) groups is 1. The minimum absolute atomic E-state index is 0.140. The second-order valence-corrected chi connectivity index (χ2v) is 5.00. The van der Waals surface area contributed by atoms with E-state index in [0.29, 0.717) is 18.3 Å². The van der Waals surface area contributed by atoms with Gasteiger partial charge in [-0.2, -0.15) is 4.98 Å². The zero-order valence-corrected chi connectivity index (χ0v) is 10.7. The number of rotatable bonds is 3. The fourth-order valence-corrected chi connectivity index (χ4v) is 2.75. The van der Waals surface area contributed by atoms with Crippen molar-refractivity contribution < 1.29 is 9.26 Å². The van der Waals surface area contributed by atoms with Crippen LogP contribution in [-0.2, 0) is 6.54 Å². The van der Waals surface area contributed by atoms with E-state index in [1.54, 1.807) is 11.8 Å². The normalized spacial score (nSPS) is 18.2. The van der Waals surface area contributed by atoms with Gasteiger partial charge in [0.25, 0.3) is 0 Å². The van der Waals surface area contributed by atoms with E-state index in [9.17, 15) is 0 Å². The van der Waals surface area contributed by atoms with Gasteiger partial charge < -0.3 is 14.6 Å². The quantitative estimate of drug-likeness (QED) is 0.914. The number of aromatic nitrogens is 2. The molecule has 1 atom stereocenters. The molecule has 1 unspecified atom stereocenters. The Bertz CT molecular complexity index is 544. The van der Waals surface area contributed by atoms with Crippen LogP contribution >= 0.6 is 11.8 Å². The van der Waals surface area contributed by atoms with E-state index in [1.807, 2.05) is 25.2 Å². The van der Waals surface area contributed by atoms with Crippen molar-refractivity contribution in [2.24, 2.45) is 0 Å². The molecule has 0 radical (unpaired) electrons. The third-order valence-electron chi connectivity index (χ3n) is 2.61. The van der Waals surface area contributed by atoms with Crippen LogP contribution in [0.4, 0.5) is 0 Å².